The van der Waals surface area contributed by atoms with E-state index in [0.29, 0.717) is 23.9 Å². The van der Waals surface area contributed by atoms with Crippen molar-refractivity contribution in [2.75, 3.05) is 26.7 Å². The first-order valence-electron chi connectivity index (χ1n) is 9.81. The fourth-order valence-electron chi connectivity index (χ4n) is 3.58. The molecule has 1 atom stereocenters. The van der Waals surface area contributed by atoms with Crippen molar-refractivity contribution in [3.05, 3.63) is 52.6 Å². The molecule has 3 aromatic rings. The highest BCUT2D eigenvalue weighted by Crippen LogP contribution is 2.37. The summed E-state index contributed by atoms with van der Waals surface area (Å²) in [6, 6.07) is 3.92. The minimum Gasteiger partial charge on any atom is -0.371 e. The Morgan fingerprint density at radius 1 is 1.34 bits per heavy atom. The van der Waals surface area contributed by atoms with E-state index in [2.05, 4.69) is 39.0 Å². The van der Waals surface area contributed by atoms with Crippen LogP contribution in [0.2, 0.25) is 0 Å². The Balaban J connectivity index is 1.58. The van der Waals surface area contributed by atoms with Crippen molar-refractivity contribution in [3.8, 4) is 0 Å². The molecule has 8 heteroatoms. The Bertz CT molecular complexity index is 1000. The first-order valence-corrected chi connectivity index (χ1v) is 10.6. The molecule has 1 aliphatic heterocycles. The zero-order valence-corrected chi connectivity index (χ0v) is 17.7. The van der Waals surface area contributed by atoms with E-state index in [4.69, 9.17) is 4.74 Å². The van der Waals surface area contributed by atoms with Crippen LogP contribution >= 0.6 is 11.3 Å². The van der Waals surface area contributed by atoms with Gasteiger partial charge in [0.1, 0.15) is 15.5 Å². The molecule has 0 aromatic carbocycles. The lowest BCUT2D eigenvalue weighted by molar-refractivity contribution is -0.0323. The van der Waals surface area contributed by atoms with Gasteiger partial charge in [-0.25, -0.2) is 15.0 Å². The van der Waals surface area contributed by atoms with Crippen molar-refractivity contribution >= 4 is 27.5 Å². The van der Waals surface area contributed by atoms with Gasteiger partial charge in [-0.3, -0.25) is 9.69 Å². The molecule has 0 spiro atoms. The predicted octanol–water partition coefficient (Wildman–Crippen LogP) is 3.14. The summed E-state index contributed by atoms with van der Waals surface area (Å²) < 4.78 is 6.11. The first-order chi connectivity index (χ1) is 14.1. The number of nitrogens with one attached hydrogen (secondary N) is 1. The molecule has 0 unspecified atom stereocenters. The highest BCUT2D eigenvalue weighted by molar-refractivity contribution is 7.20. The number of amides is 1. The molecule has 0 saturated carbocycles. The molecular weight excluding hydrogens is 386 g/mol. The fourth-order valence-corrected chi connectivity index (χ4v) is 4.72. The molecule has 1 fully saturated rings. The van der Waals surface area contributed by atoms with Crippen molar-refractivity contribution in [3.63, 3.8) is 0 Å². The number of hydrogen-bond donors (Lipinski definition) is 1. The Kier molecular flexibility index (Phi) is 5.84. The largest absolute Gasteiger partial charge is 0.371 e. The molecule has 0 radical (unpaired) electrons. The maximum Gasteiger partial charge on any atom is 0.261 e. The van der Waals surface area contributed by atoms with Gasteiger partial charge in [0.15, 0.2) is 0 Å². The summed E-state index contributed by atoms with van der Waals surface area (Å²) in [4.78, 5) is 29.7. The van der Waals surface area contributed by atoms with E-state index in [1.165, 1.54) is 11.3 Å². The molecule has 152 valence electrons. The van der Waals surface area contributed by atoms with Crippen LogP contribution in [-0.2, 0) is 11.3 Å². The lowest BCUT2D eigenvalue weighted by atomic mass is 10.0. The highest BCUT2D eigenvalue weighted by Gasteiger charge is 2.30. The third kappa shape index (κ3) is 4.14. The van der Waals surface area contributed by atoms with E-state index in [-0.39, 0.29) is 12.0 Å². The van der Waals surface area contributed by atoms with E-state index in [1.54, 1.807) is 13.2 Å². The van der Waals surface area contributed by atoms with Gasteiger partial charge < -0.3 is 10.1 Å². The number of pyridine rings is 1. The third-order valence-corrected chi connectivity index (χ3v) is 6.19. The number of hydrogen-bond acceptors (Lipinski definition) is 7. The van der Waals surface area contributed by atoms with Gasteiger partial charge in [-0.1, -0.05) is 19.9 Å². The van der Waals surface area contributed by atoms with Gasteiger partial charge >= 0.3 is 0 Å². The van der Waals surface area contributed by atoms with Crippen LogP contribution in [0.4, 0.5) is 0 Å². The Morgan fingerprint density at radius 2 is 2.14 bits per heavy atom. The highest BCUT2D eigenvalue weighted by atomic mass is 32.1. The second-order valence-electron chi connectivity index (χ2n) is 7.48. The molecule has 1 N–H and O–H groups in total. The van der Waals surface area contributed by atoms with Gasteiger partial charge in [-0.15, -0.1) is 11.3 Å². The van der Waals surface area contributed by atoms with Crippen LogP contribution in [0.15, 0.2) is 30.7 Å². The molecule has 3 aromatic heterocycles. The van der Waals surface area contributed by atoms with Crippen molar-refractivity contribution in [2.24, 2.45) is 0 Å². The predicted molar refractivity (Wildman–Crippen MR) is 113 cm³/mol. The summed E-state index contributed by atoms with van der Waals surface area (Å²) in [6.07, 6.45) is 5.40. The molecular formula is C21H25N5O2S. The van der Waals surface area contributed by atoms with Crippen LogP contribution in [0, 0.1) is 0 Å². The topological polar surface area (TPSA) is 80.2 Å². The van der Waals surface area contributed by atoms with Gasteiger partial charge in [0.2, 0.25) is 0 Å². The van der Waals surface area contributed by atoms with Gasteiger partial charge in [0.25, 0.3) is 5.91 Å². The Labute approximate surface area is 174 Å². The molecule has 4 rings (SSSR count). The van der Waals surface area contributed by atoms with Crippen molar-refractivity contribution in [1.29, 1.82) is 0 Å². The molecule has 1 saturated heterocycles. The van der Waals surface area contributed by atoms with Crippen LogP contribution in [0.1, 0.15) is 52.5 Å². The van der Waals surface area contributed by atoms with Gasteiger partial charge in [0, 0.05) is 67.7 Å². The van der Waals surface area contributed by atoms with Gasteiger partial charge in [-0.2, -0.15) is 0 Å². The average molecular weight is 412 g/mol. The lowest BCUT2D eigenvalue weighted by Crippen LogP contribution is -2.38. The van der Waals surface area contributed by atoms with E-state index < -0.39 is 0 Å². The number of aromatic nitrogens is 3. The smallest absolute Gasteiger partial charge is 0.261 e. The monoisotopic (exact) mass is 411 g/mol. The van der Waals surface area contributed by atoms with E-state index in [1.807, 2.05) is 24.5 Å². The molecule has 0 bridgehead atoms. The Morgan fingerprint density at radius 3 is 2.86 bits per heavy atom. The summed E-state index contributed by atoms with van der Waals surface area (Å²) >= 11 is 1.42. The number of carbonyl (C=O) groups is 1. The zero-order valence-electron chi connectivity index (χ0n) is 16.9. The molecule has 29 heavy (non-hydrogen) atoms. The van der Waals surface area contributed by atoms with Crippen molar-refractivity contribution in [2.45, 2.75) is 32.4 Å². The van der Waals surface area contributed by atoms with Gasteiger partial charge in [0.05, 0.1) is 12.7 Å². The summed E-state index contributed by atoms with van der Waals surface area (Å²) in [7, 11) is 1.65. The molecule has 0 aliphatic carbocycles. The van der Waals surface area contributed by atoms with Crippen molar-refractivity contribution < 1.29 is 9.53 Å². The molecule has 1 aliphatic rings. The van der Waals surface area contributed by atoms with E-state index in [0.717, 1.165) is 40.3 Å². The third-order valence-electron chi connectivity index (χ3n) is 5.06. The van der Waals surface area contributed by atoms with E-state index >= 15 is 0 Å². The van der Waals surface area contributed by atoms with E-state index in [9.17, 15) is 4.79 Å². The van der Waals surface area contributed by atoms with Crippen molar-refractivity contribution in [1.82, 2.24) is 25.2 Å². The number of morpholine rings is 1. The number of fused-ring (bicyclic) bond motifs is 1. The zero-order chi connectivity index (χ0) is 20.4. The Hall–Kier alpha value is -2.42. The fraction of sp³-hybridized carbons (Fsp3) is 0.429. The number of nitrogens with zero attached hydrogens (tertiary/aromatic N) is 4. The van der Waals surface area contributed by atoms with Crippen LogP contribution in [0.25, 0.3) is 10.2 Å². The maximum atomic E-state index is 12.5. The van der Waals surface area contributed by atoms with Crippen LogP contribution in [-0.4, -0.2) is 52.5 Å². The number of rotatable bonds is 5. The molecule has 7 nitrogen and oxygen atoms in total. The maximum absolute atomic E-state index is 12.5. The lowest BCUT2D eigenvalue weighted by Gasteiger charge is -2.33. The average Bonchev–Trinajstić information content (AvgIpc) is 3.13. The quantitative estimate of drug-likeness (QED) is 0.695. The molecule has 4 heterocycles. The summed E-state index contributed by atoms with van der Waals surface area (Å²) in [5.41, 5.74) is 2.02. The number of thiophene rings is 1. The standard InChI is InChI=1S/C21H25N5O2S/c1-13(2)19-24-9-14(10-25-19)11-26-7-8-28-16(12-26)17-15-5-4-6-23-21(15)29-18(17)20(27)22-3/h4-6,9-10,13,16H,7-8,11-12H2,1-3H3,(H,22,27)/t16-/m0/s1. The second kappa shape index (κ2) is 8.52. The second-order valence-corrected chi connectivity index (χ2v) is 8.48. The van der Waals surface area contributed by atoms with Crippen LogP contribution in [0.5, 0.6) is 0 Å². The summed E-state index contributed by atoms with van der Waals surface area (Å²) in [6.45, 7) is 7.08. The minimum atomic E-state index is -0.176. The molecule has 1 amide bonds. The number of ether oxygens (including phenoxy) is 1. The normalized spacial score (nSPS) is 17.7. The summed E-state index contributed by atoms with van der Waals surface area (Å²) in [5, 5.41) is 3.74. The van der Waals surface area contributed by atoms with Crippen LogP contribution < -0.4 is 5.32 Å². The summed E-state index contributed by atoms with van der Waals surface area (Å²) in [5.74, 6) is 1.09. The minimum absolute atomic E-state index is 0.0959. The van der Waals surface area contributed by atoms with Crippen LogP contribution in [0.3, 0.4) is 0 Å². The first kappa shape index (κ1) is 19.9. The number of carbonyl (C=O) groups excluding carboxylic acids is 1. The van der Waals surface area contributed by atoms with Gasteiger partial charge in [-0.05, 0) is 6.07 Å². The SMILES string of the molecule is CNC(=O)c1sc2ncccc2c1[C@@H]1CN(Cc2cnc(C(C)C)nc2)CCO1.